The number of benzene rings is 2. The van der Waals surface area contributed by atoms with Crippen LogP contribution in [-0.4, -0.2) is 31.3 Å². The summed E-state index contributed by atoms with van der Waals surface area (Å²) < 4.78 is 7.77. The van der Waals surface area contributed by atoms with E-state index in [0.29, 0.717) is 28.3 Å². The van der Waals surface area contributed by atoms with Crippen molar-refractivity contribution >= 4 is 40.6 Å². The minimum Gasteiger partial charge on any atom is -0.481 e. The lowest BCUT2D eigenvalue weighted by Gasteiger charge is -2.16. The Morgan fingerprint density at radius 3 is 2.68 bits per heavy atom. The first-order valence-corrected chi connectivity index (χ1v) is 10.8. The number of para-hydroxylation sites is 3. The molecule has 2 aromatic carbocycles. The molecule has 0 aliphatic heterocycles. The summed E-state index contributed by atoms with van der Waals surface area (Å²) in [4.78, 5) is 22.9. The number of amides is 1. The van der Waals surface area contributed by atoms with Gasteiger partial charge in [-0.2, -0.15) is 0 Å². The summed E-state index contributed by atoms with van der Waals surface area (Å²) in [6.07, 6.45) is -0.414. The zero-order valence-corrected chi connectivity index (χ0v) is 18.4. The minimum absolute atomic E-state index is 0.0178. The zero-order chi connectivity index (χ0) is 22.4. The Bertz CT molecular complexity index is 1090. The number of nitrogens with one attached hydrogen (secondary N) is 1. The molecule has 0 fully saturated rings. The third-order valence-electron chi connectivity index (χ3n) is 4.27. The lowest BCUT2D eigenvalue weighted by atomic mass is 10.2. The van der Waals surface area contributed by atoms with Crippen molar-refractivity contribution in [2.75, 3.05) is 11.1 Å². The molecule has 1 amide bonds. The molecule has 0 saturated carbocycles. The van der Waals surface area contributed by atoms with Gasteiger partial charge in [-0.25, -0.2) is 0 Å². The van der Waals surface area contributed by atoms with E-state index in [1.807, 2.05) is 30.5 Å². The van der Waals surface area contributed by atoms with Gasteiger partial charge >= 0.3 is 0 Å². The smallest absolute Gasteiger partial charge is 0.292 e. The van der Waals surface area contributed by atoms with Crippen molar-refractivity contribution in [1.29, 1.82) is 0 Å². The van der Waals surface area contributed by atoms with Crippen LogP contribution in [0.2, 0.25) is 5.02 Å². The molecule has 0 unspecified atom stereocenters. The van der Waals surface area contributed by atoms with E-state index < -0.39 is 11.0 Å². The Balaban J connectivity index is 1.66. The number of carbonyl (C=O) groups excluding carboxylic acids is 1. The van der Waals surface area contributed by atoms with Crippen LogP contribution in [0.3, 0.4) is 0 Å². The Hall–Kier alpha value is -3.11. The van der Waals surface area contributed by atoms with E-state index in [4.69, 9.17) is 16.3 Å². The number of rotatable bonds is 9. The maximum absolute atomic E-state index is 12.3. The van der Waals surface area contributed by atoms with Crippen molar-refractivity contribution in [3.63, 3.8) is 0 Å². The van der Waals surface area contributed by atoms with Gasteiger partial charge in [0, 0.05) is 12.6 Å². The first-order chi connectivity index (χ1) is 14.9. The third kappa shape index (κ3) is 5.53. The fourth-order valence-corrected chi connectivity index (χ4v) is 3.83. The predicted octanol–water partition coefficient (Wildman–Crippen LogP) is 4.73. The topological polar surface area (TPSA) is 112 Å². The molecule has 1 aromatic heterocycles. The molecule has 1 N–H and O–H groups in total. The molecule has 162 valence electrons. The molecular formula is C20H20ClN5O4S. The number of anilines is 1. The number of ether oxygens (including phenoxy) is 1. The second-order valence-electron chi connectivity index (χ2n) is 6.39. The van der Waals surface area contributed by atoms with E-state index in [1.54, 1.807) is 24.3 Å². The molecule has 0 bridgehead atoms. The normalized spacial score (nSPS) is 11.7. The lowest BCUT2D eigenvalue weighted by molar-refractivity contribution is -0.383. The maximum Gasteiger partial charge on any atom is 0.292 e. The largest absolute Gasteiger partial charge is 0.481 e. The Kier molecular flexibility index (Phi) is 7.48. The van der Waals surface area contributed by atoms with Gasteiger partial charge in [0.15, 0.2) is 17.1 Å². The fraction of sp³-hybridized carbons (Fsp3) is 0.250. The summed E-state index contributed by atoms with van der Waals surface area (Å²) in [5, 5.41) is 23.1. The highest BCUT2D eigenvalue weighted by Crippen LogP contribution is 2.29. The number of nitrogens with zero attached hydrogens (tertiary/aromatic N) is 4. The molecule has 0 spiro atoms. The van der Waals surface area contributed by atoms with Crippen LogP contribution in [-0.2, 0) is 11.3 Å². The van der Waals surface area contributed by atoms with Crippen molar-refractivity contribution in [3.8, 4) is 5.75 Å². The highest BCUT2D eigenvalue weighted by atomic mass is 35.5. The first kappa shape index (κ1) is 22.6. The molecule has 11 heteroatoms. The van der Waals surface area contributed by atoms with Crippen molar-refractivity contribution in [2.45, 2.75) is 31.7 Å². The van der Waals surface area contributed by atoms with Gasteiger partial charge in [-0.15, -0.1) is 10.2 Å². The summed E-state index contributed by atoms with van der Waals surface area (Å²) >= 11 is 7.34. The Labute approximate surface area is 187 Å². The number of halogens is 1. The summed E-state index contributed by atoms with van der Waals surface area (Å²) in [6, 6.07) is 13.1. The summed E-state index contributed by atoms with van der Waals surface area (Å²) in [5.41, 5.74) is -0.0112. The van der Waals surface area contributed by atoms with E-state index in [1.165, 1.54) is 23.9 Å². The predicted molar refractivity (Wildman–Crippen MR) is 119 cm³/mol. The summed E-state index contributed by atoms with van der Waals surface area (Å²) in [7, 11) is 0. The first-order valence-electron chi connectivity index (χ1n) is 9.41. The SMILES string of the molecule is CCn1c(SCC(=O)Nc2ccccc2[N+](=O)[O-])nnc1[C@H](C)Oc1ccccc1Cl. The van der Waals surface area contributed by atoms with E-state index in [2.05, 4.69) is 15.5 Å². The zero-order valence-electron chi connectivity index (χ0n) is 16.8. The van der Waals surface area contributed by atoms with E-state index in [9.17, 15) is 14.9 Å². The number of nitro benzene ring substituents is 1. The van der Waals surface area contributed by atoms with Gasteiger partial charge in [0.2, 0.25) is 5.91 Å². The molecule has 3 aromatic rings. The van der Waals surface area contributed by atoms with Crippen LogP contribution >= 0.6 is 23.4 Å². The summed E-state index contributed by atoms with van der Waals surface area (Å²) in [5.74, 6) is 0.778. The molecule has 9 nitrogen and oxygen atoms in total. The van der Waals surface area contributed by atoms with Crippen LogP contribution in [0.25, 0.3) is 0 Å². The van der Waals surface area contributed by atoms with E-state index >= 15 is 0 Å². The number of thioether (sulfide) groups is 1. The standard InChI is InChI=1S/C20H20ClN5O4S/c1-3-25-19(13(2)30-17-11-7-4-8-14(17)21)23-24-20(25)31-12-18(27)22-15-9-5-6-10-16(15)26(28)29/h4-11,13H,3,12H2,1-2H3,(H,22,27)/t13-/m0/s1. The van der Waals surface area contributed by atoms with Crippen LogP contribution in [0.5, 0.6) is 5.75 Å². The van der Waals surface area contributed by atoms with Gasteiger partial charge in [0.1, 0.15) is 11.4 Å². The average Bonchev–Trinajstić information content (AvgIpc) is 3.17. The monoisotopic (exact) mass is 461 g/mol. The molecule has 1 atom stereocenters. The van der Waals surface area contributed by atoms with Crippen LogP contribution in [0.15, 0.2) is 53.7 Å². The molecule has 0 saturated heterocycles. The van der Waals surface area contributed by atoms with Crippen molar-refractivity contribution < 1.29 is 14.5 Å². The van der Waals surface area contributed by atoms with Crippen molar-refractivity contribution in [1.82, 2.24) is 14.8 Å². The van der Waals surface area contributed by atoms with Gasteiger partial charge in [0.05, 0.1) is 15.7 Å². The maximum atomic E-state index is 12.3. The highest BCUT2D eigenvalue weighted by molar-refractivity contribution is 7.99. The number of hydrogen-bond acceptors (Lipinski definition) is 7. The van der Waals surface area contributed by atoms with E-state index in [-0.39, 0.29) is 23.0 Å². The molecule has 3 rings (SSSR count). The highest BCUT2D eigenvalue weighted by Gasteiger charge is 2.21. The third-order valence-corrected chi connectivity index (χ3v) is 5.55. The number of nitro groups is 1. The molecule has 0 radical (unpaired) electrons. The van der Waals surface area contributed by atoms with Crippen LogP contribution in [0.4, 0.5) is 11.4 Å². The average molecular weight is 462 g/mol. The Morgan fingerprint density at radius 2 is 1.97 bits per heavy atom. The van der Waals surface area contributed by atoms with Gasteiger partial charge in [-0.3, -0.25) is 14.9 Å². The lowest BCUT2D eigenvalue weighted by Crippen LogP contribution is -2.16. The van der Waals surface area contributed by atoms with Gasteiger partial charge in [-0.1, -0.05) is 47.6 Å². The molecule has 0 aliphatic rings. The van der Waals surface area contributed by atoms with Gasteiger partial charge < -0.3 is 14.6 Å². The number of aromatic nitrogens is 3. The number of carbonyl (C=O) groups is 1. The minimum atomic E-state index is -0.539. The van der Waals surface area contributed by atoms with Crippen molar-refractivity contribution in [2.24, 2.45) is 0 Å². The Morgan fingerprint density at radius 1 is 1.26 bits per heavy atom. The van der Waals surface area contributed by atoms with Crippen molar-refractivity contribution in [3.05, 3.63) is 69.5 Å². The fourth-order valence-electron chi connectivity index (χ4n) is 2.84. The second kappa shape index (κ2) is 10.3. The van der Waals surface area contributed by atoms with Crippen LogP contribution < -0.4 is 10.1 Å². The molecule has 1 heterocycles. The molecular weight excluding hydrogens is 442 g/mol. The van der Waals surface area contributed by atoms with Crippen LogP contribution in [0.1, 0.15) is 25.8 Å². The second-order valence-corrected chi connectivity index (χ2v) is 7.74. The number of hydrogen-bond donors (Lipinski definition) is 1. The van der Waals surface area contributed by atoms with Crippen LogP contribution in [0, 0.1) is 10.1 Å². The van der Waals surface area contributed by atoms with Gasteiger partial charge in [0.25, 0.3) is 5.69 Å². The van der Waals surface area contributed by atoms with Gasteiger partial charge in [-0.05, 0) is 32.0 Å². The quantitative estimate of drug-likeness (QED) is 0.278. The molecule has 0 aliphatic carbocycles. The van der Waals surface area contributed by atoms with E-state index in [0.717, 1.165) is 0 Å². The molecule has 31 heavy (non-hydrogen) atoms. The summed E-state index contributed by atoms with van der Waals surface area (Å²) in [6.45, 7) is 4.36.